The zero-order valence-electron chi connectivity index (χ0n) is 12.2. The fourth-order valence-electron chi connectivity index (χ4n) is 3.43. The lowest BCUT2D eigenvalue weighted by Gasteiger charge is -2.35. The lowest BCUT2D eigenvalue weighted by molar-refractivity contribution is -0.0975. The number of nitrogens with zero attached hydrogens (tertiary/aromatic N) is 3. The molecule has 1 N–H and O–H groups in total. The summed E-state index contributed by atoms with van der Waals surface area (Å²) in [6, 6.07) is 2.74. The van der Waals surface area contributed by atoms with Gasteiger partial charge in [0.15, 0.2) is 0 Å². The summed E-state index contributed by atoms with van der Waals surface area (Å²) in [7, 11) is 0. The van der Waals surface area contributed by atoms with Gasteiger partial charge in [-0.25, -0.2) is 0 Å². The van der Waals surface area contributed by atoms with Gasteiger partial charge in [-0.3, -0.25) is 9.58 Å². The number of rotatable bonds is 4. The third-order valence-corrected chi connectivity index (χ3v) is 4.35. The van der Waals surface area contributed by atoms with Crippen molar-refractivity contribution in [1.82, 2.24) is 14.7 Å². The number of ether oxygens (including phenoxy) is 1. The van der Waals surface area contributed by atoms with Crippen LogP contribution in [0, 0.1) is 0 Å². The second-order valence-corrected chi connectivity index (χ2v) is 6.17. The molecule has 1 saturated carbocycles. The van der Waals surface area contributed by atoms with E-state index in [-0.39, 0.29) is 18.8 Å². The number of aliphatic hydroxyl groups is 1. The quantitative estimate of drug-likeness (QED) is 0.909. The van der Waals surface area contributed by atoms with Gasteiger partial charge < -0.3 is 9.84 Å². The van der Waals surface area contributed by atoms with Crippen molar-refractivity contribution in [2.45, 2.75) is 57.4 Å². The van der Waals surface area contributed by atoms with E-state index < -0.39 is 0 Å². The van der Waals surface area contributed by atoms with Crippen molar-refractivity contribution in [3.63, 3.8) is 0 Å². The van der Waals surface area contributed by atoms with E-state index in [0.717, 1.165) is 25.3 Å². The van der Waals surface area contributed by atoms with E-state index in [1.165, 1.54) is 25.7 Å². The van der Waals surface area contributed by atoms with Crippen molar-refractivity contribution in [3.05, 3.63) is 18.0 Å². The molecule has 1 aromatic heterocycles. The summed E-state index contributed by atoms with van der Waals surface area (Å²) in [6.07, 6.45) is 7.44. The van der Waals surface area contributed by atoms with Crippen LogP contribution in [0.5, 0.6) is 0 Å². The van der Waals surface area contributed by atoms with Crippen molar-refractivity contribution < 1.29 is 9.84 Å². The molecule has 2 unspecified atom stereocenters. The highest BCUT2D eigenvalue weighted by Crippen LogP contribution is 2.28. The van der Waals surface area contributed by atoms with E-state index in [1.54, 1.807) is 0 Å². The van der Waals surface area contributed by atoms with Gasteiger partial charge in [-0.05, 0) is 25.8 Å². The molecule has 112 valence electrons. The Bertz CT molecular complexity index is 429. The maximum absolute atomic E-state index is 9.27. The molecule has 0 amide bonds. The topological polar surface area (TPSA) is 50.5 Å². The molecular weight excluding hydrogens is 254 g/mol. The first-order chi connectivity index (χ1) is 9.74. The van der Waals surface area contributed by atoms with Crippen LogP contribution in [0.3, 0.4) is 0 Å². The Kier molecular flexibility index (Phi) is 4.38. The Labute approximate surface area is 120 Å². The molecule has 1 aromatic rings. The third-order valence-electron chi connectivity index (χ3n) is 4.35. The first-order valence-electron chi connectivity index (χ1n) is 7.77. The van der Waals surface area contributed by atoms with E-state index in [2.05, 4.69) is 28.8 Å². The molecule has 0 radical (unpaired) electrons. The zero-order chi connectivity index (χ0) is 13.9. The van der Waals surface area contributed by atoms with E-state index in [0.29, 0.717) is 6.04 Å². The lowest BCUT2D eigenvalue weighted by atomic mass is 10.2. The van der Waals surface area contributed by atoms with Gasteiger partial charge in [0, 0.05) is 25.8 Å². The smallest absolute Gasteiger partial charge is 0.0936 e. The van der Waals surface area contributed by atoms with Gasteiger partial charge in [-0.1, -0.05) is 12.8 Å². The summed E-state index contributed by atoms with van der Waals surface area (Å²) in [5.74, 6) is 0. The highest BCUT2D eigenvalue weighted by Gasteiger charge is 2.25. The summed E-state index contributed by atoms with van der Waals surface area (Å²) < 4.78 is 7.82. The van der Waals surface area contributed by atoms with E-state index in [1.807, 2.05) is 0 Å². The van der Waals surface area contributed by atoms with Gasteiger partial charge in [-0.2, -0.15) is 5.10 Å². The summed E-state index contributed by atoms with van der Waals surface area (Å²) in [6.45, 7) is 4.71. The molecule has 0 spiro atoms. The number of hydrogen-bond acceptors (Lipinski definition) is 4. The van der Waals surface area contributed by atoms with Crippen LogP contribution in [0.4, 0.5) is 0 Å². The van der Waals surface area contributed by atoms with Gasteiger partial charge in [-0.15, -0.1) is 0 Å². The minimum absolute atomic E-state index is 0.0596. The fraction of sp³-hybridized carbons (Fsp3) is 0.800. The fourth-order valence-corrected chi connectivity index (χ4v) is 3.43. The minimum atomic E-state index is -0.0596. The Morgan fingerprint density at radius 2 is 2.15 bits per heavy atom. The van der Waals surface area contributed by atoms with Crippen LogP contribution in [0.1, 0.15) is 44.3 Å². The normalized spacial score (nSPS) is 29.1. The summed E-state index contributed by atoms with van der Waals surface area (Å²) in [4.78, 5) is 2.33. The maximum Gasteiger partial charge on any atom is 0.0936 e. The highest BCUT2D eigenvalue weighted by atomic mass is 16.5. The Balaban J connectivity index is 1.59. The van der Waals surface area contributed by atoms with Gasteiger partial charge in [0.05, 0.1) is 30.6 Å². The lowest BCUT2D eigenvalue weighted by Crippen LogP contribution is -2.47. The van der Waals surface area contributed by atoms with Crippen molar-refractivity contribution >= 4 is 0 Å². The molecule has 2 heterocycles. The molecule has 2 aliphatic rings. The van der Waals surface area contributed by atoms with E-state index in [4.69, 9.17) is 9.84 Å². The first kappa shape index (κ1) is 14.0. The molecule has 5 heteroatoms. The Hall–Kier alpha value is -0.910. The summed E-state index contributed by atoms with van der Waals surface area (Å²) >= 11 is 0. The van der Waals surface area contributed by atoms with Gasteiger partial charge in [0.2, 0.25) is 0 Å². The van der Waals surface area contributed by atoms with Crippen LogP contribution in [-0.4, -0.2) is 51.7 Å². The monoisotopic (exact) mass is 279 g/mol. The Morgan fingerprint density at radius 1 is 1.35 bits per heavy atom. The van der Waals surface area contributed by atoms with Crippen molar-refractivity contribution in [3.8, 4) is 0 Å². The Morgan fingerprint density at radius 3 is 2.90 bits per heavy atom. The summed E-state index contributed by atoms with van der Waals surface area (Å²) in [5, 5.41) is 14.0. The van der Waals surface area contributed by atoms with E-state index in [9.17, 15) is 5.11 Å². The predicted octanol–water partition coefficient (Wildman–Crippen LogP) is 1.58. The van der Waals surface area contributed by atoms with Gasteiger partial charge >= 0.3 is 0 Å². The van der Waals surface area contributed by atoms with Crippen molar-refractivity contribution in [1.29, 1.82) is 0 Å². The first-order valence-corrected chi connectivity index (χ1v) is 7.77. The second kappa shape index (κ2) is 6.24. The van der Waals surface area contributed by atoms with Crippen LogP contribution in [-0.2, 0) is 11.3 Å². The van der Waals surface area contributed by atoms with Crippen LogP contribution < -0.4 is 0 Å². The standard InChI is InChI=1S/C15H25N3O2/c1-12-8-17(10-15(11-19)20-12)9-13-6-7-18(16-13)14-4-2-3-5-14/h6-7,12,14-15,19H,2-5,8-11H2,1H3. The molecule has 2 fully saturated rings. The van der Waals surface area contributed by atoms with Gasteiger partial charge in [0.1, 0.15) is 0 Å². The van der Waals surface area contributed by atoms with Crippen LogP contribution in [0.25, 0.3) is 0 Å². The largest absolute Gasteiger partial charge is 0.394 e. The second-order valence-electron chi connectivity index (χ2n) is 6.17. The average molecular weight is 279 g/mol. The predicted molar refractivity (Wildman–Crippen MR) is 76.4 cm³/mol. The van der Waals surface area contributed by atoms with Crippen LogP contribution >= 0.6 is 0 Å². The molecule has 1 aliphatic carbocycles. The molecule has 1 aliphatic heterocycles. The number of hydrogen-bond donors (Lipinski definition) is 1. The number of morpholine rings is 1. The minimum Gasteiger partial charge on any atom is -0.394 e. The average Bonchev–Trinajstić information content (AvgIpc) is 3.08. The van der Waals surface area contributed by atoms with Crippen LogP contribution in [0.2, 0.25) is 0 Å². The van der Waals surface area contributed by atoms with Gasteiger partial charge in [0.25, 0.3) is 0 Å². The number of aromatic nitrogens is 2. The van der Waals surface area contributed by atoms with E-state index >= 15 is 0 Å². The zero-order valence-corrected chi connectivity index (χ0v) is 12.2. The summed E-state index contributed by atoms with van der Waals surface area (Å²) in [5.41, 5.74) is 1.13. The van der Waals surface area contributed by atoms with Crippen molar-refractivity contribution in [2.75, 3.05) is 19.7 Å². The molecular formula is C15H25N3O2. The molecule has 2 atom stereocenters. The molecule has 0 bridgehead atoms. The molecule has 20 heavy (non-hydrogen) atoms. The SMILES string of the molecule is CC1CN(Cc2ccn(C3CCCC3)n2)CC(CO)O1. The highest BCUT2D eigenvalue weighted by molar-refractivity contribution is 5.01. The molecule has 3 rings (SSSR count). The molecule has 1 saturated heterocycles. The van der Waals surface area contributed by atoms with Crippen molar-refractivity contribution in [2.24, 2.45) is 0 Å². The maximum atomic E-state index is 9.27. The number of aliphatic hydroxyl groups excluding tert-OH is 1. The molecule has 5 nitrogen and oxygen atoms in total. The third kappa shape index (κ3) is 3.22. The van der Waals surface area contributed by atoms with Crippen LogP contribution in [0.15, 0.2) is 12.3 Å². The molecule has 0 aromatic carbocycles.